The molecule has 1 aliphatic carbocycles. The van der Waals surface area contributed by atoms with Gasteiger partial charge >= 0.3 is 18.9 Å². The molecule has 0 radical (unpaired) electrons. The van der Waals surface area contributed by atoms with Crippen LogP contribution in [-0.4, -0.2) is 18.6 Å². The molecule has 5 heteroatoms. The molecule has 0 aromatic heterocycles. The second-order valence-corrected chi connectivity index (χ2v) is 7.44. The number of hydrogen-bond acceptors (Lipinski definition) is 4. The van der Waals surface area contributed by atoms with E-state index in [9.17, 15) is 10.1 Å². The Bertz CT molecular complexity index is 519. The summed E-state index contributed by atoms with van der Waals surface area (Å²) in [6.07, 6.45) is 9.06. The van der Waals surface area contributed by atoms with Crippen LogP contribution in [0, 0.1) is 36.5 Å². The molecular formula is C20H29LiN2O2-2. The van der Waals surface area contributed by atoms with Crippen molar-refractivity contribution in [3.8, 4) is 6.07 Å². The molecule has 0 bridgehead atoms. The van der Waals surface area contributed by atoms with E-state index in [1.165, 1.54) is 30.6 Å². The maximum absolute atomic E-state index is 9.47. The van der Waals surface area contributed by atoms with E-state index in [1.807, 2.05) is 0 Å². The van der Waals surface area contributed by atoms with Crippen molar-refractivity contribution in [1.82, 2.24) is 5.32 Å². The number of hydrogen-bond donors (Lipinski definition) is 1. The predicted molar refractivity (Wildman–Crippen MR) is 96.0 cm³/mol. The fraction of sp³-hybridized carbons (Fsp3) is 0.600. The molecule has 1 fully saturated rings. The average Bonchev–Trinajstić information content (AvgIpc) is 3.38. The zero-order valence-corrected chi connectivity index (χ0v) is 16.2. The quantitative estimate of drug-likeness (QED) is 0.581. The minimum atomic E-state index is -0.377. The van der Waals surface area contributed by atoms with Crippen LogP contribution in [0.1, 0.15) is 52.9 Å². The third-order valence-electron chi connectivity index (χ3n) is 4.14. The maximum Gasteiger partial charge on any atom is 1.00 e. The summed E-state index contributed by atoms with van der Waals surface area (Å²) in [5.74, 6) is 0.772. The molecule has 1 aliphatic heterocycles. The third-order valence-corrected chi connectivity index (χ3v) is 4.14. The van der Waals surface area contributed by atoms with Crippen LogP contribution >= 0.6 is 0 Å². The van der Waals surface area contributed by atoms with Gasteiger partial charge in [-0.1, -0.05) is 12.5 Å². The molecule has 0 spiro atoms. The first-order valence-electron chi connectivity index (χ1n) is 8.47. The molecule has 1 saturated carbocycles. The van der Waals surface area contributed by atoms with Crippen molar-refractivity contribution in [3.63, 3.8) is 0 Å². The molecule has 1 N–H and O–H groups in total. The number of ether oxygens (including phenoxy) is 1. The maximum atomic E-state index is 9.47. The fourth-order valence-electron chi connectivity index (χ4n) is 2.35. The van der Waals surface area contributed by atoms with Gasteiger partial charge in [0.15, 0.2) is 0 Å². The number of rotatable bonds is 6. The monoisotopic (exact) mass is 336 g/mol. The van der Waals surface area contributed by atoms with Crippen LogP contribution < -0.4 is 24.2 Å². The van der Waals surface area contributed by atoms with Gasteiger partial charge in [-0.25, -0.2) is 0 Å². The number of dihydropyridines is 1. The Morgan fingerprint density at radius 3 is 2.20 bits per heavy atom. The Morgan fingerprint density at radius 1 is 1.32 bits per heavy atom. The smallest absolute Gasteiger partial charge is 0.649 e. The Hall–Kier alpha value is -1.16. The number of allylic oxidation sites excluding steroid dienone is 3. The van der Waals surface area contributed by atoms with Gasteiger partial charge in [-0.3, -0.25) is 0 Å². The van der Waals surface area contributed by atoms with E-state index in [1.54, 1.807) is 20.8 Å². The zero-order chi connectivity index (χ0) is 18.2. The second kappa shape index (κ2) is 10.7. The van der Waals surface area contributed by atoms with Crippen LogP contribution in [0.15, 0.2) is 23.4 Å². The van der Waals surface area contributed by atoms with Crippen molar-refractivity contribution in [3.05, 3.63) is 37.3 Å². The SMILES string of the molecule is CC(C)(C)O[C-]=O.[CH2-]CC(C#N)(C[CH2-])CC1=CC=C(C2CC2)NC1.[Li+]. The van der Waals surface area contributed by atoms with Gasteiger partial charge in [0.05, 0.1) is 11.7 Å². The minimum absolute atomic E-state index is 0. The summed E-state index contributed by atoms with van der Waals surface area (Å²) < 4.78 is 4.42. The summed E-state index contributed by atoms with van der Waals surface area (Å²) in [6, 6.07) is 2.39. The van der Waals surface area contributed by atoms with Crippen molar-refractivity contribution in [2.24, 2.45) is 11.3 Å². The molecule has 1 heterocycles. The Labute approximate surface area is 165 Å². The molecule has 0 unspecified atom stereocenters. The van der Waals surface area contributed by atoms with E-state index < -0.39 is 0 Å². The van der Waals surface area contributed by atoms with E-state index in [0.717, 1.165) is 18.9 Å². The molecule has 0 aromatic rings. The van der Waals surface area contributed by atoms with Gasteiger partial charge < -0.3 is 28.7 Å². The first-order chi connectivity index (χ1) is 11.3. The predicted octanol–water partition coefficient (Wildman–Crippen LogP) is 1.03. The molecule has 25 heavy (non-hydrogen) atoms. The Morgan fingerprint density at radius 2 is 1.92 bits per heavy atom. The molecule has 0 aromatic carbocycles. The molecule has 4 nitrogen and oxygen atoms in total. The number of carbonyl (C=O) groups excluding carboxylic acids is 1. The van der Waals surface area contributed by atoms with Gasteiger partial charge in [-0.15, -0.1) is 0 Å². The minimum Gasteiger partial charge on any atom is -0.649 e. The van der Waals surface area contributed by atoms with E-state index >= 15 is 0 Å². The van der Waals surface area contributed by atoms with Crippen molar-refractivity contribution in [1.29, 1.82) is 5.26 Å². The first kappa shape index (κ1) is 23.8. The zero-order valence-electron chi connectivity index (χ0n) is 16.2. The van der Waals surface area contributed by atoms with E-state index in [0.29, 0.717) is 12.8 Å². The topological polar surface area (TPSA) is 62.1 Å². The molecule has 2 aliphatic rings. The summed E-state index contributed by atoms with van der Waals surface area (Å²) in [7, 11) is 0. The Kier molecular flexibility index (Phi) is 10.2. The van der Waals surface area contributed by atoms with Crippen LogP contribution in [0.3, 0.4) is 0 Å². The summed E-state index contributed by atoms with van der Waals surface area (Å²) in [5.41, 5.74) is 1.92. The standard InChI is InChI=1S/C15H20N2.C5H9O2.Li/c1-3-15(4-2,11-16)9-12-5-8-14(17-10-12)13-6-7-13;1-5(2,3)7-4-6;/h5,8,13,17H,1-4,6-7,9-10H2;1-3H3;/q-2;-1;+1. The van der Waals surface area contributed by atoms with E-state index in [-0.39, 0.29) is 29.9 Å². The fourth-order valence-corrected chi connectivity index (χ4v) is 2.35. The molecular weight excluding hydrogens is 307 g/mol. The number of nitrogens with zero attached hydrogens (tertiary/aromatic N) is 1. The van der Waals surface area contributed by atoms with Gasteiger partial charge in [0, 0.05) is 17.7 Å². The third kappa shape index (κ3) is 8.66. The van der Waals surface area contributed by atoms with Crippen LogP contribution in [0.2, 0.25) is 0 Å². The Balaban J connectivity index is 0.000000620. The van der Waals surface area contributed by atoms with Crippen LogP contribution in [0.4, 0.5) is 0 Å². The summed E-state index contributed by atoms with van der Waals surface area (Å²) >= 11 is 0. The largest absolute Gasteiger partial charge is 1.00 e. The summed E-state index contributed by atoms with van der Waals surface area (Å²) in [5, 5.41) is 12.7. The van der Waals surface area contributed by atoms with Gasteiger partial charge in [0.1, 0.15) is 0 Å². The second-order valence-electron chi connectivity index (χ2n) is 7.44. The average molecular weight is 336 g/mol. The van der Waals surface area contributed by atoms with Crippen LogP contribution in [0.25, 0.3) is 0 Å². The van der Waals surface area contributed by atoms with Crippen molar-refractivity contribution >= 4 is 6.47 Å². The molecule has 2 rings (SSSR count). The normalized spacial score (nSPS) is 16.6. The summed E-state index contributed by atoms with van der Waals surface area (Å²) in [6.45, 7) is 15.4. The van der Waals surface area contributed by atoms with Crippen molar-refractivity contribution in [2.75, 3.05) is 6.54 Å². The van der Waals surface area contributed by atoms with Gasteiger partial charge in [0.2, 0.25) is 0 Å². The molecule has 0 saturated heterocycles. The molecule has 0 atom stereocenters. The van der Waals surface area contributed by atoms with Crippen LogP contribution in [0.5, 0.6) is 0 Å². The summed E-state index contributed by atoms with van der Waals surface area (Å²) in [4.78, 5) is 9.47. The van der Waals surface area contributed by atoms with Gasteiger partial charge in [-0.05, 0) is 57.6 Å². The van der Waals surface area contributed by atoms with Gasteiger partial charge in [-0.2, -0.15) is 18.1 Å². The van der Waals surface area contributed by atoms with Crippen molar-refractivity contribution < 1.29 is 28.4 Å². The number of nitriles is 1. The van der Waals surface area contributed by atoms with Crippen LogP contribution in [-0.2, 0) is 9.53 Å². The van der Waals surface area contributed by atoms with E-state index in [2.05, 4.69) is 42.1 Å². The first-order valence-corrected chi connectivity index (χ1v) is 8.47. The van der Waals surface area contributed by atoms with Gasteiger partial charge in [0.25, 0.3) is 0 Å². The van der Waals surface area contributed by atoms with Crippen molar-refractivity contribution in [2.45, 2.75) is 58.5 Å². The van der Waals surface area contributed by atoms with E-state index in [4.69, 9.17) is 0 Å². The number of nitrogens with one attached hydrogen (secondary N) is 1. The molecule has 0 amide bonds. The molecule has 134 valence electrons.